The van der Waals surface area contributed by atoms with Crippen LogP contribution in [0.5, 0.6) is 0 Å². The van der Waals surface area contributed by atoms with Gasteiger partial charge in [0.25, 0.3) is 0 Å². The lowest BCUT2D eigenvalue weighted by molar-refractivity contribution is 0.296. The van der Waals surface area contributed by atoms with Gasteiger partial charge in [0.05, 0.1) is 6.54 Å². The minimum absolute atomic E-state index is 0.574. The van der Waals surface area contributed by atoms with E-state index in [0.717, 1.165) is 23.4 Å². The van der Waals surface area contributed by atoms with Gasteiger partial charge in [0.2, 0.25) is 5.13 Å². The lowest BCUT2D eigenvalue weighted by Crippen LogP contribution is -2.21. The molecule has 4 nitrogen and oxygen atoms in total. The Balaban J connectivity index is 1.87. The van der Waals surface area contributed by atoms with E-state index in [1.165, 1.54) is 30.8 Å². The third kappa shape index (κ3) is 2.66. The molecule has 1 aliphatic heterocycles. The van der Waals surface area contributed by atoms with Gasteiger partial charge in [-0.2, -0.15) is 0 Å². The number of hydrogen-bond acceptors (Lipinski definition) is 5. The van der Waals surface area contributed by atoms with Gasteiger partial charge in [-0.1, -0.05) is 25.2 Å². The van der Waals surface area contributed by atoms with E-state index in [9.17, 15) is 0 Å². The molecule has 1 fully saturated rings. The number of aromatic nitrogens is 2. The second-order valence-corrected chi connectivity index (χ2v) is 5.66. The predicted molar refractivity (Wildman–Crippen MR) is 62.5 cm³/mol. The fraction of sp³-hybridized carbons (Fsp3) is 0.800. The van der Waals surface area contributed by atoms with E-state index in [-0.39, 0.29) is 0 Å². The van der Waals surface area contributed by atoms with Gasteiger partial charge < -0.3 is 5.73 Å². The molecule has 1 saturated heterocycles. The minimum Gasteiger partial charge on any atom is -0.374 e. The van der Waals surface area contributed by atoms with Crippen LogP contribution in [0.25, 0.3) is 0 Å². The predicted octanol–water partition coefficient (Wildman–Crippen LogP) is 1.60. The van der Waals surface area contributed by atoms with Crippen molar-refractivity contribution in [1.82, 2.24) is 15.1 Å². The summed E-state index contributed by atoms with van der Waals surface area (Å²) in [7, 11) is 0. The van der Waals surface area contributed by atoms with Gasteiger partial charge in [-0.3, -0.25) is 4.90 Å². The molecule has 5 heteroatoms. The molecule has 84 valence electrons. The van der Waals surface area contributed by atoms with Gasteiger partial charge in [0.15, 0.2) is 0 Å². The smallest absolute Gasteiger partial charge is 0.203 e. The summed E-state index contributed by atoms with van der Waals surface area (Å²) >= 11 is 1.50. The molecule has 1 atom stereocenters. The first kappa shape index (κ1) is 10.8. The average Bonchev–Trinajstić information content (AvgIpc) is 2.76. The molecule has 0 radical (unpaired) electrons. The van der Waals surface area contributed by atoms with Crippen LogP contribution >= 0.6 is 11.3 Å². The van der Waals surface area contributed by atoms with Crippen molar-refractivity contribution < 1.29 is 0 Å². The van der Waals surface area contributed by atoms with E-state index in [0.29, 0.717) is 5.13 Å². The Morgan fingerprint density at radius 2 is 2.33 bits per heavy atom. The molecule has 2 heterocycles. The molecular weight excluding hydrogens is 208 g/mol. The van der Waals surface area contributed by atoms with Gasteiger partial charge in [-0.25, -0.2) is 0 Å². The van der Waals surface area contributed by atoms with E-state index >= 15 is 0 Å². The van der Waals surface area contributed by atoms with E-state index in [1.54, 1.807) is 0 Å². The summed E-state index contributed by atoms with van der Waals surface area (Å²) in [4.78, 5) is 2.45. The maximum Gasteiger partial charge on any atom is 0.203 e. The maximum atomic E-state index is 5.55. The summed E-state index contributed by atoms with van der Waals surface area (Å²) in [5.41, 5.74) is 5.55. The molecule has 0 aliphatic carbocycles. The van der Waals surface area contributed by atoms with E-state index in [4.69, 9.17) is 5.73 Å². The van der Waals surface area contributed by atoms with Crippen LogP contribution in [0.15, 0.2) is 0 Å². The number of hydrogen-bond donors (Lipinski definition) is 1. The van der Waals surface area contributed by atoms with Crippen LogP contribution in [0.4, 0.5) is 5.13 Å². The second-order valence-electron chi connectivity index (χ2n) is 4.56. The van der Waals surface area contributed by atoms with E-state index in [1.807, 2.05) is 0 Å². The molecule has 0 amide bonds. The Bertz CT molecular complexity index is 323. The SMILES string of the molecule is CC(C)C1CCN(Cc2nnc(N)s2)C1. The van der Waals surface area contributed by atoms with Crippen LogP contribution in [0.1, 0.15) is 25.3 Å². The molecule has 15 heavy (non-hydrogen) atoms. The van der Waals surface area contributed by atoms with Gasteiger partial charge >= 0.3 is 0 Å². The first-order chi connectivity index (χ1) is 7.15. The third-order valence-electron chi connectivity index (χ3n) is 3.09. The van der Waals surface area contributed by atoms with Gasteiger partial charge in [-0.05, 0) is 24.8 Å². The van der Waals surface area contributed by atoms with Crippen molar-refractivity contribution in [2.45, 2.75) is 26.8 Å². The van der Waals surface area contributed by atoms with Gasteiger partial charge in [-0.15, -0.1) is 10.2 Å². The highest BCUT2D eigenvalue weighted by atomic mass is 32.1. The molecule has 1 aromatic heterocycles. The van der Waals surface area contributed by atoms with Gasteiger partial charge in [0, 0.05) is 6.54 Å². The Morgan fingerprint density at radius 1 is 1.53 bits per heavy atom. The van der Waals surface area contributed by atoms with Crippen molar-refractivity contribution in [3.63, 3.8) is 0 Å². The quantitative estimate of drug-likeness (QED) is 0.850. The summed E-state index contributed by atoms with van der Waals surface area (Å²) in [5, 5.41) is 9.50. The lowest BCUT2D eigenvalue weighted by Gasteiger charge is -2.16. The molecular formula is C10H18N4S. The summed E-state index contributed by atoms with van der Waals surface area (Å²) in [6.45, 7) is 7.89. The largest absolute Gasteiger partial charge is 0.374 e. The molecule has 1 aliphatic rings. The zero-order valence-corrected chi connectivity index (χ0v) is 10.1. The maximum absolute atomic E-state index is 5.55. The summed E-state index contributed by atoms with van der Waals surface area (Å²) in [6.07, 6.45) is 1.31. The molecule has 0 spiro atoms. The zero-order valence-electron chi connectivity index (χ0n) is 9.31. The van der Waals surface area contributed by atoms with Crippen LogP contribution in [0.3, 0.4) is 0 Å². The minimum atomic E-state index is 0.574. The highest BCUT2D eigenvalue weighted by Crippen LogP contribution is 2.25. The van der Waals surface area contributed by atoms with Crippen LogP contribution in [0.2, 0.25) is 0 Å². The fourth-order valence-electron chi connectivity index (χ4n) is 2.07. The molecule has 2 rings (SSSR count). The Kier molecular flexibility index (Phi) is 3.21. The number of nitrogens with zero attached hydrogens (tertiary/aromatic N) is 3. The third-order valence-corrected chi connectivity index (χ3v) is 3.83. The lowest BCUT2D eigenvalue weighted by atomic mass is 9.95. The van der Waals surface area contributed by atoms with Gasteiger partial charge in [0.1, 0.15) is 5.01 Å². The number of nitrogens with two attached hydrogens (primary N) is 1. The monoisotopic (exact) mass is 226 g/mol. The normalized spacial score (nSPS) is 22.7. The number of nitrogen functional groups attached to an aromatic ring is 1. The highest BCUT2D eigenvalue weighted by Gasteiger charge is 2.25. The van der Waals surface area contributed by atoms with Crippen molar-refractivity contribution in [3.05, 3.63) is 5.01 Å². The topological polar surface area (TPSA) is 55.0 Å². The molecule has 1 unspecified atom stereocenters. The highest BCUT2D eigenvalue weighted by molar-refractivity contribution is 7.15. The van der Waals surface area contributed by atoms with Crippen molar-refractivity contribution in [2.24, 2.45) is 11.8 Å². The second kappa shape index (κ2) is 4.45. The van der Waals surface area contributed by atoms with E-state index in [2.05, 4.69) is 28.9 Å². The van der Waals surface area contributed by atoms with Crippen LogP contribution in [-0.4, -0.2) is 28.2 Å². The van der Waals surface area contributed by atoms with E-state index < -0.39 is 0 Å². The zero-order chi connectivity index (χ0) is 10.8. The molecule has 0 bridgehead atoms. The van der Waals surface area contributed by atoms with Crippen molar-refractivity contribution in [3.8, 4) is 0 Å². The first-order valence-corrected chi connectivity index (χ1v) is 6.27. The van der Waals surface area contributed by atoms with Crippen molar-refractivity contribution in [1.29, 1.82) is 0 Å². The molecule has 2 N–H and O–H groups in total. The standard InChI is InChI=1S/C10H18N4S/c1-7(2)8-3-4-14(5-8)6-9-12-13-10(11)15-9/h7-8H,3-6H2,1-2H3,(H2,11,13). The Labute approximate surface area is 94.5 Å². The summed E-state index contributed by atoms with van der Waals surface area (Å²) in [5.74, 6) is 1.63. The number of rotatable bonds is 3. The van der Waals surface area contributed by atoms with Crippen LogP contribution in [-0.2, 0) is 6.54 Å². The molecule has 0 saturated carbocycles. The fourth-order valence-corrected chi connectivity index (χ4v) is 2.72. The van der Waals surface area contributed by atoms with Crippen molar-refractivity contribution >= 4 is 16.5 Å². The number of likely N-dealkylation sites (tertiary alicyclic amines) is 1. The summed E-state index contributed by atoms with van der Waals surface area (Å²) < 4.78 is 0. The average molecular weight is 226 g/mol. The molecule has 1 aromatic rings. The van der Waals surface area contributed by atoms with Crippen molar-refractivity contribution in [2.75, 3.05) is 18.8 Å². The first-order valence-electron chi connectivity index (χ1n) is 5.45. The Hall–Kier alpha value is -0.680. The summed E-state index contributed by atoms with van der Waals surface area (Å²) in [6, 6.07) is 0. The van der Waals surface area contributed by atoms with Crippen LogP contribution < -0.4 is 5.73 Å². The molecule has 0 aromatic carbocycles. The van der Waals surface area contributed by atoms with Crippen LogP contribution in [0, 0.1) is 11.8 Å². The Morgan fingerprint density at radius 3 is 2.87 bits per heavy atom. The number of anilines is 1.